The second-order valence-electron chi connectivity index (χ2n) is 7.79. The van der Waals surface area contributed by atoms with Gasteiger partial charge in [0.1, 0.15) is 17.7 Å². The molecule has 8 heteroatoms. The van der Waals surface area contributed by atoms with Crippen molar-refractivity contribution in [1.82, 2.24) is 24.5 Å². The smallest absolute Gasteiger partial charge is 0.410 e. The number of piperazine rings is 1. The molecule has 1 saturated heterocycles. The summed E-state index contributed by atoms with van der Waals surface area (Å²) in [6.07, 6.45) is 1.25. The van der Waals surface area contributed by atoms with E-state index >= 15 is 0 Å². The van der Waals surface area contributed by atoms with Gasteiger partial charge in [-0.2, -0.15) is 14.6 Å². The summed E-state index contributed by atoms with van der Waals surface area (Å²) in [7, 11) is 0. The first-order valence-electron chi connectivity index (χ1n) is 9.40. The van der Waals surface area contributed by atoms with Gasteiger partial charge in [-0.3, -0.25) is 0 Å². The van der Waals surface area contributed by atoms with Crippen molar-refractivity contribution < 1.29 is 9.53 Å². The molecule has 0 unspecified atom stereocenters. The van der Waals surface area contributed by atoms with Crippen LogP contribution < -0.4 is 4.90 Å². The Labute approximate surface area is 163 Å². The van der Waals surface area contributed by atoms with Gasteiger partial charge in [0, 0.05) is 37.8 Å². The number of ether oxygens (including phenoxy) is 1. The largest absolute Gasteiger partial charge is 0.444 e. The first-order valence-corrected chi connectivity index (χ1v) is 9.40. The summed E-state index contributed by atoms with van der Waals surface area (Å²) >= 11 is 0. The van der Waals surface area contributed by atoms with Gasteiger partial charge in [0.15, 0.2) is 0 Å². The lowest BCUT2D eigenvalue weighted by Crippen LogP contribution is -2.50. The first-order chi connectivity index (χ1) is 13.4. The number of benzene rings is 1. The average Bonchev–Trinajstić information content (AvgIpc) is 3.15. The molecule has 146 valence electrons. The highest BCUT2D eigenvalue weighted by atomic mass is 16.6. The van der Waals surface area contributed by atoms with Crippen molar-refractivity contribution in [3.05, 3.63) is 42.7 Å². The lowest BCUT2D eigenvalue weighted by atomic mass is 10.1. The van der Waals surface area contributed by atoms with Gasteiger partial charge in [-0.25, -0.2) is 9.78 Å². The number of carbonyl (C=O) groups excluding carboxylic acids is 1. The van der Waals surface area contributed by atoms with E-state index in [4.69, 9.17) is 4.74 Å². The lowest BCUT2D eigenvalue weighted by Gasteiger charge is -2.36. The van der Waals surface area contributed by atoms with Crippen LogP contribution in [-0.2, 0) is 4.74 Å². The third-order valence-electron chi connectivity index (χ3n) is 4.56. The van der Waals surface area contributed by atoms with Crippen LogP contribution in [0.15, 0.2) is 42.7 Å². The first kappa shape index (κ1) is 18.2. The molecular weight excluding hydrogens is 356 g/mol. The van der Waals surface area contributed by atoms with Crippen molar-refractivity contribution in [3.8, 4) is 11.3 Å². The number of aromatic nitrogens is 4. The molecule has 0 saturated carbocycles. The Bertz CT molecular complexity index is 971. The van der Waals surface area contributed by atoms with Crippen LogP contribution in [0.4, 0.5) is 10.6 Å². The number of anilines is 1. The lowest BCUT2D eigenvalue weighted by molar-refractivity contribution is 0.0240. The zero-order valence-corrected chi connectivity index (χ0v) is 16.4. The Balaban J connectivity index is 1.57. The van der Waals surface area contributed by atoms with Gasteiger partial charge in [0.05, 0.1) is 5.69 Å². The molecule has 0 N–H and O–H groups in total. The minimum atomic E-state index is -0.489. The van der Waals surface area contributed by atoms with Gasteiger partial charge >= 0.3 is 6.09 Å². The maximum absolute atomic E-state index is 12.3. The number of carbonyl (C=O) groups is 1. The predicted octanol–water partition coefficient (Wildman–Crippen LogP) is 2.85. The normalized spacial score (nSPS) is 15.1. The fourth-order valence-electron chi connectivity index (χ4n) is 3.22. The Morgan fingerprint density at radius 1 is 1.07 bits per heavy atom. The molecule has 1 aliphatic heterocycles. The molecule has 3 heterocycles. The van der Waals surface area contributed by atoms with Gasteiger partial charge in [-0.05, 0) is 20.8 Å². The van der Waals surface area contributed by atoms with E-state index < -0.39 is 5.60 Å². The number of hydrogen-bond acceptors (Lipinski definition) is 6. The monoisotopic (exact) mass is 380 g/mol. The highest BCUT2D eigenvalue weighted by Crippen LogP contribution is 2.24. The van der Waals surface area contributed by atoms with Crippen molar-refractivity contribution in [3.63, 3.8) is 0 Å². The number of amides is 1. The summed E-state index contributed by atoms with van der Waals surface area (Å²) < 4.78 is 7.23. The van der Waals surface area contributed by atoms with Crippen LogP contribution in [0.5, 0.6) is 0 Å². The Kier molecular flexibility index (Phi) is 4.62. The van der Waals surface area contributed by atoms with Crippen molar-refractivity contribution in [1.29, 1.82) is 0 Å². The molecule has 4 rings (SSSR count). The zero-order valence-electron chi connectivity index (χ0n) is 16.4. The highest BCUT2D eigenvalue weighted by molar-refractivity contribution is 5.69. The third-order valence-corrected chi connectivity index (χ3v) is 4.56. The summed E-state index contributed by atoms with van der Waals surface area (Å²) in [4.78, 5) is 25.2. The molecular formula is C20H24N6O2. The molecule has 1 amide bonds. The van der Waals surface area contributed by atoms with Crippen LogP contribution in [-0.4, -0.2) is 62.4 Å². The van der Waals surface area contributed by atoms with Gasteiger partial charge in [-0.15, -0.1) is 0 Å². The van der Waals surface area contributed by atoms with Crippen LogP contribution in [0, 0.1) is 0 Å². The molecule has 1 fully saturated rings. The summed E-state index contributed by atoms with van der Waals surface area (Å²) in [6, 6.07) is 12.0. The topological polar surface area (TPSA) is 75.9 Å². The fourth-order valence-corrected chi connectivity index (χ4v) is 3.22. The van der Waals surface area contributed by atoms with E-state index in [0.717, 1.165) is 17.1 Å². The average molecular weight is 380 g/mol. The highest BCUT2D eigenvalue weighted by Gasteiger charge is 2.27. The quantitative estimate of drug-likeness (QED) is 0.680. The summed E-state index contributed by atoms with van der Waals surface area (Å²) in [5.74, 6) is 1.48. The number of nitrogens with zero attached hydrogens (tertiary/aromatic N) is 6. The maximum Gasteiger partial charge on any atom is 0.410 e. The minimum absolute atomic E-state index is 0.266. The molecule has 0 spiro atoms. The van der Waals surface area contributed by atoms with E-state index in [1.165, 1.54) is 6.33 Å². The maximum atomic E-state index is 12.3. The van der Waals surface area contributed by atoms with E-state index in [-0.39, 0.29) is 6.09 Å². The van der Waals surface area contributed by atoms with Gasteiger partial charge < -0.3 is 14.5 Å². The Morgan fingerprint density at radius 3 is 2.46 bits per heavy atom. The molecule has 3 aromatic rings. The van der Waals surface area contributed by atoms with Gasteiger partial charge in [-0.1, -0.05) is 30.3 Å². The molecule has 8 nitrogen and oxygen atoms in total. The van der Waals surface area contributed by atoms with E-state index in [1.807, 2.05) is 57.2 Å². The molecule has 0 atom stereocenters. The van der Waals surface area contributed by atoms with Crippen molar-refractivity contribution in [2.45, 2.75) is 26.4 Å². The van der Waals surface area contributed by atoms with E-state index in [0.29, 0.717) is 32.0 Å². The standard InChI is InChI=1S/C20H24N6O2/c1-20(2,3)28-19(27)25-11-9-24(10-12-25)17-13-16(15-7-5-4-6-8-15)23-18-21-14-22-26(17)18/h4-8,13-14H,9-12H2,1-3H3. The predicted molar refractivity (Wildman–Crippen MR) is 106 cm³/mol. The molecule has 28 heavy (non-hydrogen) atoms. The van der Waals surface area contributed by atoms with Crippen LogP contribution >= 0.6 is 0 Å². The Morgan fingerprint density at radius 2 is 1.79 bits per heavy atom. The van der Waals surface area contributed by atoms with Crippen LogP contribution in [0.1, 0.15) is 20.8 Å². The third kappa shape index (κ3) is 3.76. The van der Waals surface area contributed by atoms with Gasteiger partial charge in [0.25, 0.3) is 5.78 Å². The summed E-state index contributed by atoms with van der Waals surface area (Å²) in [6.45, 7) is 8.20. The van der Waals surface area contributed by atoms with E-state index in [1.54, 1.807) is 9.42 Å². The van der Waals surface area contributed by atoms with Crippen LogP contribution in [0.2, 0.25) is 0 Å². The second kappa shape index (κ2) is 7.10. The van der Waals surface area contributed by atoms with Gasteiger partial charge in [0.2, 0.25) is 0 Å². The second-order valence-corrected chi connectivity index (χ2v) is 7.79. The molecule has 2 aromatic heterocycles. The van der Waals surface area contributed by atoms with Crippen molar-refractivity contribution >= 4 is 17.7 Å². The Hall–Kier alpha value is -3.16. The minimum Gasteiger partial charge on any atom is -0.444 e. The SMILES string of the molecule is CC(C)(C)OC(=O)N1CCN(c2cc(-c3ccccc3)nc3ncnn23)CC1. The molecule has 1 aromatic carbocycles. The van der Waals surface area contributed by atoms with Crippen LogP contribution in [0.3, 0.4) is 0 Å². The van der Waals surface area contributed by atoms with Crippen molar-refractivity contribution in [2.24, 2.45) is 0 Å². The molecule has 0 bridgehead atoms. The summed E-state index contributed by atoms with van der Waals surface area (Å²) in [5.41, 5.74) is 1.39. The van der Waals surface area contributed by atoms with Crippen LogP contribution in [0.25, 0.3) is 17.0 Å². The molecule has 0 radical (unpaired) electrons. The zero-order chi connectivity index (χ0) is 19.7. The summed E-state index contributed by atoms with van der Waals surface area (Å²) in [5, 5.41) is 4.33. The number of hydrogen-bond donors (Lipinski definition) is 0. The number of fused-ring (bicyclic) bond motifs is 1. The fraction of sp³-hybridized carbons (Fsp3) is 0.400. The molecule has 1 aliphatic rings. The van der Waals surface area contributed by atoms with Crippen molar-refractivity contribution in [2.75, 3.05) is 31.1 Å². The molecule has 0 aliphatic carbocycles. The van der Waals surface area contributed by atoms with E-state index in [2.05, 4.69) is 20.0 Å². The van der Waals surface area contributed by atoms with E-state index in [9.17, 15) is 4.79 Å². The number of rotatable bonds is 2.